The number of aromatic carboxylic acids is 1. The van der Waals surface area contributed by atoms with Crippen molar-refractivity contribution in [3.05, 3.63) is 29.1 Å². The molecule has 2 amide bonds. The number of hydrogen-bond donors (Lipinski definition) is 3. The lowest BCUT2D eigenvalue weighted by Gasteiger charge is -2.17. The molecule has 0 radical (unpaired) electrons. The molecule has 0 fully saturated rings. The van der Waals surface area contributed by atoms with Crippen LogP contribution in [0.25, 0.3) is 10.1 Å². The average molecular weight is 348 g/mol. The molecule has 2 rings (SSSR count). The molecule has 2 aromatic rings. The van der Waals surface area contributed by atoms with Gasteiger partial charge in [-0.05, 0) is 35.1 Å². The highest BCUT2D eigenvalue weighted by atomic mass is 32.1. The molecule has 0 atom stereocenters. The molecule has 0 saturated carbocycles. The van der Waals surface area contributed by atoms with Gasteiger partial charge in [0.15, 0.2) is 0 Å². The fraction of sp³-hybridized carbons (Fsp3) is 0.353. The Kier molecular flexibility index (Phi) is 5.23. The summed E-state index contributed by atoms with van der Waals surface area (Å²) < 4.78 is 0.837. The lowest BCUT2D eigenvalue weighted by Crippen LogP contribution is -2.34. The molecule has 24 heavy (non-hydrogen) atoms. The summed E-state index contributed by atoms with van der Waals surface area (Å²) >= 11 is 1.18. The van der Waals surface area contributed by atoms with E-state index >= 15 is 0 Å². The normalized spacial score (nSPS) is 11.3. The maximum Gasteiger partial charge on any atom is 0.345 e. The monoisotopic (exact) mass is 348 g/mol. The second kappa shape index (κ2) is 7.00. The molecule has 0 aliphatic carbocycles. The SMILES string of the molecule is CC(C)(C)CC(=O)NCC(=O)Nc1ccc2sc(C(=O)O)cc2c1. The molecule has 0 spiro atoms. The maximum absolute atomic E-state index is 11.9. The van der Waals surface area contributed by atoms with Crippen LogP contribution >= 0.6 is 11.3 Å². The summed E-state index contributed by atoms with van der Waals surface area (Å²) in [6.45, 7) is 5.76. The predicted octanol–water partition coefficient (Wildman–Crippen LogP) is 3.09. The Morgan fingerprint density at radius 2 is 1.83 bits per heavy atom. The number of carboxylic acid groups (broad SMARTS) is 1. The molecule has 1 aromatic heterocycles. The first-order valence-electron chi connectivity index (χ1n) is 7.47. The number of hydrogen-bond acceptors (Lipinski definition) is 4. The zero-order chi connectivity index (χ0) is 17.9. The van der Waals surface area contributed by atoms with E-state index < -0.39 is 5.97 Å². The van der Waals surface area contributed by atoms with E-state index in [-0.39, 0.29) is 28.7 Å². The number of anilines is 1. The van der Waals surface area contributed by atoms with Gasteiger partial charge < -0.3 is 15.7 Å². The van der Waals surface area contributed by atoms with E-state index in [9.17, 15) is 14.4 Å². The molecular formula is C17H20N2O4S. The first-order chi connectivity index (χ1) is 11.1. The Balaban J connectivity index is 1.95. The molecule has 0 unspecified atom stereocenters. The zero-order valence-corrected chi connectivity index (χ0v) is 14.6. The van der Waals surface area contributed by atoms with E-state index in [0.717, 1.165) is 10.1 Å². The highest BCUT2D eigenvalue weighted by Crippen LogP contribution is 2.28. The van der Waals surface area contributed by atoms with Gasteiger partial charge in [0.1, 0.15) is 4.88 Å². The van der Waals surface area contributed by atoms with Gasteiger partial charge in [0.25, 0.3) is 0 Å². The number of rotatable bonds is 5. The molecule has 1 heterocycles. The van der Waals surface area contributed by atoms with Crippen LogP contribution in [0.3, 0.4) is 0 Å². The van der Waals surface area contributed by atoms with Crippen molar-refractivity contribution in [2.75, 3.05) is 11.9 Å². The lowest BCUT2D eigenvalue weighted by molar-refractivity contribution is -0.125. The number of carboxylic acids is 1. The first-order valence-corrected chi connectivity index (χ1v) is 8.29. The quantitative estimate of drug-likeness (QED) is 0.774. The van der Waals surface area contributed by atoms with Gasteiger partial charge in [-0.3, -0.25) is 9.59 Å². The van der Waals surface area contributed by atoms with Crippen LogP contribution in [0, 0.1) is 5.41 Å². The van der Waals surface area contributed by atoms with E-state index in [0.29, 0.717) is 12.1 Å². The second-order valence-electron chi connectivity index (χ2n) is 6.73. The van der Waals surface area contributed by atoms with Gasteiger partial charge in [0, 0.05) is 16.8 Å². The highest BCUT2D eigenvalue weighted by Gasteiger charge is 2.16. The van der Waals surface area contributed by atoms with Crippen molar-refractivity contribution in [1.29, 1.82) is 0 Å². The Labute approximate surface area is 143 Å². The van der Waals surface area contributed by atoms with E-state index in [1.807, 2.05) is 20.8 Å². The summed E-state index contributed by atoms with van der Waals surface area (Å²) in [4.78, 5) is 34.9. The number of fused-ring (bicyclic) bond motifs is 1. The van der Waals surface area contributed by atoms with E-state index in [1.54, 1.807) is 24.3 Å². The van der Waals surface area contributed by atoms with Gasteiger partial charge in [-0.15, -0.1) is 11.3 Å². The minimum absolute atomic E-state index is 0.100. The minimum atomic E-state index is -0.969. The Hall–Kier alpha value is -2.41. The summed E-state index contributed by atoms with van der Waals surface area (Å²) in [5.41, 5.74) is 0.430. The van der Waals surface area contributed by atoms with Crippen molar-refractivity contribution in [2.24, 2.45) is 5.41 Å². The lowest BCUT2D eigenvalue weighted by atomic mass is 9.92. The molecule has 0 aliphatic rings. The van der Waals surface area contributed by atoms with Crippen molar-refractivity contribution in [3.8, 4) is 0 Å². The number of carbonyl (C=O) groups excluding carboxylic acids is 2. The Morgan fingerprint density at radius 3 is 2.46 bits per heavy atom. The number of amides is 2. The number of nitrogens with one attached hydrogen (secondary N) is 2. The summed E-state index contributed by atoms with van der Waals surface area (Å²) in [6, 6.07) is 6.76. The standard InChI is InChI=1S/C17H20N2O4S/c1-17(2,3)8-14(20)18-9-15(21)19-11-4-5-12-10(6-11)7-13(24-12)16(22)23/h4-7H,8-9H2,1-3H3,(H,18,20)(H,19,21)(H,22,23). The number of thiophene rings is 1. The maximum atomic E-state index is 11.9. The molecule has 7 heteroatoms. The van der Waals surface area contributed by atoms with Crippen molar-refractivity contribution in [2.45, 2.75) is 27.2 Å². The van der Waals surface area contributed by atoms with Gasteiger partial charge in [-0.1, -0.05) is 20.8 Å². The second-order valence-corrected chi connectivity index (χ2v) is 7.81. The fourth-order valence-corrected chi connectivity index (χ4v) is 3.04. The minimum Gasteiger partial charge on any atom is -0.477 e. The average Bonchev–Trinajstić information content (AvgIpc) is 2.87. The number of carbonyl (C=O) groups is 3. The van der Waals surface area contributed by atoms with E-state index in [2.05, 4.69) is 10.6 Å². The van der Waals surface area contributed by atoms with Crippen LogP contribution in [0.1, 0.15) is 36.9 Å². The molecular weight excluding hydrogens is 328 g/mol. The van der Waals surface area contributed by atoms with Crippen LogP contribution in [0.4, 0.5) is 5.69 Å². The van der Waals surface area contributed by atoms with E-state index in [4.69, 9.17) is 5.11 Å². The fourth-order valence-electron chi connectivity index (χ4n) is 2.15. The van der Waals surface area contributed by atoms with Crippen LogP contribution < -0.4 is 10.6 Å². The van der Waals surface area contributed by atoms with Gasteiger partial charge in [0.2, 0.25) is 11.8 Å². The summed E-state index contributed by atoms with van der Waals surface area (Å²) in [5, 5.41) is 15.0. The van der Waals surface area contributed by atoms with E-state index in [1.165, 1.54) is 11.3 Å². The van der Waals surface area contributed by atoms with Gasteiger partial charge in [0.05, 0.1) is 6.54 Å². The van der Waals surface area contributed by atoms with Crippen LogP contribution in [-0.4, -0.2) is 29.4 Å². The Morgan fingerprint density at radius 1 is 1.12 bits per heavy atom. The molecule has 3 N–H and O–H groups in total. The third-order valence-electron chi connectivity index (χ3n) is 3.15. The molecule has 128 valence electrons. The van der Waals surface area contributed by atoms with Gasteiger partial charge in [-0.25, -0.2) is 4.79 Å². The van der Waals surface area contributed by atoms with Gasteiger partial charge >= 0.3 is 5.97 Å². The number of benzene rings is 1. The molecule has 0 saturated heterocycles. The van der Waals surface area contributed by atoms with Crippen molar-refractivity contribution in [3.63, 3.8) is 0 Å². The summed E-state index contributed by atoms with van der Waals surface area (Å²) in [6.07, 6.45) is 0.346. The zero-order valence-electron chi connectivity index (χ0n) is 13.8. The van der Waals surface area contributed by atoms with Crippen LogP contribution in [0.5, 0.6) is 0 Å². The highest BCUT2D eigenvalue weighted by molar-refractivity contribution is 7.20. The van der Waals surface area contributed by atoms with Crippen LogP contribution in [-0.2, 0) is 9.59 Å². The Bertz CT molecular complexity index is 789. The first kappa shape index (κ1) is 17.9. The molecule has 1 aromatic carbocycles. The van der Waals surface area contributed by atoms with Crippen molar-refractivity contribution in [1.82, 2.24) is 5.32 Å². The topological polar surface area (TPSA) is 95.5 Å². The third-order valence-corrected chi connectivity index (χ3v) is 4.25. The van der Waals surface area contributed by atoms with Gasteiger partial charge in [-0.2, -0.15) is 0 Å². The van der Waals surface area contributed by atoms with Crippen molar-refractivity contribution < 1.29 is 19.5 Å². The molecule has 0 aliphatic heterocycles. The largest absolute Gasteiger partial charge is 0.477 e. The summed E-state index contributed by atoms with van der Waals surface area (Å²) in [7, 11) is 0. The summed E-state index contributed by atoms with van der Waals surface area (Å²) in [5.74, 6) is -1.47. The van der Waals surface area contributed by atoms with Crippen LogP contribution in [0.2, 0.25) is 0 Å². The van der Waals surface area contributed by atoms with Crippen LogP contribution in [0.15, 0.2) is 24.3 Å². The third kappa shape index (κ3) is 5.06. The predicted molar refractivity (Wildman–Crippen MR) is 94.5 cm³/mol. The smallest absolute Gasteiger partial charge is 0.345 e. The molecule has 6 nitrogen and oxygen atoms in total. The molecule has 0 bridgehead atoms. The van der Waals surface area contributed by atoms with Crippen molar-refractivity contribution >= 4 is 44.9 Å².